The maximum atomic E-state index is 12.2. The number of likely N-dealkylation sites (tertiary alicyclic amines) is 1. The largest absolute Gasteiger partial charge is 0.368 e. The first-order chi connectivity index (χ1) is 9.98. The van der Waals surface area contributed by atoms with E-state index in [1.165, 1.54) is 6.42 Å². The zero-order valence-electron chi connectivity index (χ0n) is 13.3. The van der Waals surface area contributed by atoms with Crippen LogP contribution in [-0.2, 0) is 10.3 Å². The predicted octanol–water partition coefficient (Wildman–Crippen LogP) is 1.56. The third kappa shape index (κ3) is 3.44. The molecule has 21 heavy (non-hydrogen) atoms. The average Bonchev–Trinajstić information content (AvgIpc) is 2.44. The molecule has 2 rings (SSSR count). The Hall–Kier alpha value is -1.39. The zero-order chi connectivity index (χ0) is 15.5. The Morgan fingerprint density at radius 3 is 2.33 bits per heavy atom. The summed E-state index contributed by atoms with van der Waals surface area (Å²) in [5, 5.41) is 3.19. The van der Waals surface area contributed by atoms with Gasteiger partial charge in [-0.3, -0.25) is 4.79 Å². The summed E-state index contributed by atoms with van der Waals surface area (Å²) in [6, 6.07) is 9.80. The summed E-state index contributed by atoms with van der Waals surface area (Å²) in [5.74, 6) is 1.00. The van der Waals surface area contributed by atoms with Gasteiger partial charge in [-0.15, -0.1) is 0 Å². The molecule has 0 radical (unpaired) electrons. The lowest BCUT2D eigenvalue weighted by Gasteiger charge is -2.41. The van der Waals surface area contributed by atoms with Gasteiger partial charge in [0, 0.05) is 19.6 Å². The predicted molar refractivity (Wildman–Crippen MR) is 85.8 cm³/mol. The molecule has 0 saturated carbocycles. The van der Waals surface area contributed by atoms with Crippen molar-refractivity contribution in [1.82, 2.24) is 10.2 Å². The minimum atomic E-state index is -0.821. The molecule has 4 heteroatoms. The van der Waals surface area contributed by atoms with Gasteiger partial charge in [0.25, 0.3) is 0 Å². The van der Waals surface area contributed by atoms with E-state index in [1.54, 1.807) is 0 Å². The van der Waals surface area contributed by atoms with Crippen LogP contribution in [0.25, 0.3) is 0 Å². The highest BCUT2D eigenvalue weighted by Crippen LogP contribution is 2.27. The second kappa shape index (κ2) is 6.58. The number of carbonyl (C=O) groups is 1. The molecule has 1 aromatic rings. The number of likely N-dealkylation sites (N-methyl/N-ethyl adjacent to an activating group) is 1. The van der Waals surface area contributed by atoms with Crippen LogP contribution in [0.5, 0.6) is 0 Å². The SMILES string of the molecule is CNC(CN1CC(C)CC(C)C1)(C(N)=O)c1ccccc1. The van der Waals surface area contributed by atoms with Crippen molar-refractivity contribution in [2.24, 2.45) is 17.6 Å². The molecule has 0 aliphatic carbocycles. The number of piperidine rings is 1. The summed E-state index contributed by atoms with van der Waals surface area (Å²) in [7, 11) is 1.81. The monoisotopic (exact) mass is 289 g/mol. The van der Waals surface area contributed by atoms with Gasteiger partial charge in [-0.1, -0.05) is 44.2 Å². The molecule has 1 fully saturated rings. The lowest BCUT2D eigenvalue weighted by atomic mass is 9.85. The smallest absolute Gasteiger partial charge is 0.243 e. The molecule has 3 N–H and O–H groups in total. The first-order valence-corrected chi connectivity index (χ1v) is 7.74. The van der Waals surface area contributed by atoms with Gasteiger partial charge in [0.2, 0.25) is 5.91 Å². The van der Waals surface area contributed by atoms with E-state index >= 15 is 0 Å². The molecule has 3 atom stereocenters. The lowest BCUT2D eigenvalue weighted by molar-refractivity contribution is -0.125. The number of benzene rings is 1. The van der Waals surface area contributed by atoms with Crippen molar-refractivity contribution < 1.29 is 4.79 Å². The lowest BCUT2D eigenvalue weighted by Crippen LogP contribution is -2.59. The van der Waals surface area contributed by atoms with Gasteiger partial charge in [0.15, 0.2) is 0 Å². The molecule has 1 saturated heterocycles. The van der Waals surface area contributed by atoms with E-state index in [-0.39, 0.29) is 5.91 Å². The maximum absolute atomic E-state index is 12.2. The van der Waals surface area contributed by atoms with Crippen LogP contribution in [0.2, 0.25) is 0 Å². The van der Waals surface area contributed by atoms with Crippen molar-refractivity contribution in [2.45, 2.75) is 25.8 Å². The first kappa shape index (κ1) is 16.0. The highest BCUT2D eigenvalue weighted by Gasteiger charge is 2.39. The molecule has 0 bridgehead atoms. The van der Waals surface area contributed by atoms with Crippen LogP contribution in [0.3, 0.4) is 0 Å². The molecule has 0 aromatic heterocycles. The van der Waals surface area contributed by atoms with E-state index in [4.69, 9.17) is 5.73 Å². The van der Waals surface area contributed by atoms with Crippen molar-refractivity contribution >= 4 is 5.91 Å². The molecule has 1 heterocycles. The molecule has 1 aliphatic rings. The van der Waals surface area contributed by atoms with Gasteiger partial charge < -0.3 is 16.0 Å². The number of nitrogens with zero attached hydrogens (tertiary/aromatic N) is 1. The van der Waals surface area contributed by atoms with Gasteiger partial charge in [-0.2, -0.15) is 0 Å². The molecule has 1 aliphatic heterocycles. The van der Waals surface area contributed by atoms with Crippen molar-refractivity contribution in [1.29, 1.82) is 0 Å². The van der Waals surface area contributed by atoms with Crippen LogP contribution in [0, 0.1) is 11.8 Å². The number of hydrogen-bond acceptors (Lipinski definition) is 3. The van der Waals surface area contributed by atoms with Crippen LogP contribution in [-0.4, -0.2) is 37.5 Å². The topological polar surface area (TPSA) is 58.4 Å². The Kier molecular flexibility index (Phi) is 5.01. The van der Waals surface area contributed by atoms with E-state index in [0.717, 1.165) is 18.7 Å². The molecular formula is C17H27N3O. The molecule has 1 aromatic carbocycles. The van der Waals surface area contributed by atoms with E-state index in [2.05, 4.69) is 24.1 Å². The van der Waals surface area contributed by atoms with Crippen molar-refractivity contribution in [3.05, 3.63) is 35.9 Å². The molecule has 0 spiro atoms. The van der Waals surface area contributed by atoms with E-state index in [1.807, 2.05) is 37.4 Å². The highest BCUT2D eigenvalue weighted by atomic mass is 16.1. The fraction of sp³-hybridized carbons (Fsp3) is 0.588. The summed E-state index contributed by atoms with van der Waals surface area (Å²) in [6.07, 6.45) is 1.25. The zero-order valence-corrected chi connectivity index (χ0v) is 13.3. The van der Waals surface area contributed by atoms with Crippen molar-refractivity contribution in [2.75, 3.05) is 26.7 Å². The number of hydrogen-bond donors (Lipinski definition) is 2. The minimum Gasteiger partial charge on any atom is -0.368 e. The molecular weight excluding hydrogens is 262 g/mol. The average molecular weight is 289 g/mol. The van der Waals surface area contributed by atoms with Crippen LogP contribution in [0.4, 0.5) is 0 Å². The first-order valence-electron chi connectivity index (χ1n) is 7.74. The summed E-state index contributed by atoms with van der Waals surface area (Å²) in [4.78, 5) is 14.6. The van der Waals surface area contributed by atoms with Crippen molar-refractivity contribution in [3.8, 4) is 0 Å². The minimum absolute atomic E-state index is 0.318. The molecule has 1 amide bonds. The highest BCUT2D eigenvalue weighted by molar-refractivity contribution is 5.86. The number of amides is 1. The van der Waals surface area contributed by atoms with E-state index in [9.17, 15) is 4.79 Å². The fourth-order valence-electron chi connectivity index (χ4n) is 3.64. The standard InChI is InChI=1S/C17H27N3O/c1-13-9-14(2)11-20(10-13)12-17(19-3,16(18)21)15-7-5-4-6-8-15/h4-8,13-14,19H,9-12H2,1-3H3,(H2,18,21). The van der Waals surface area contributed by atoms with Crippen LogP contribution >= 0.6 is 0 Å². The summed E-state index contributed by atoms with van der Waals surface area (Å²) < 4.78 is 0. The Bertz CT molecular complexity index is 466. The second-order valence-corrected chi connectivity index (χ2v) is 6.53. The van der Waals surface area contributed by atoms with Crippen LogP contribution < -0.4 is 11.1 Å². The normalized spacial score (nSPS) is 26.2. The van der Waals surface area contributed by atoms with Crippen LogP contribution in [0.1, 0.15) is 25.8 Å². The molecule has 4 nitrogen and oxygen atoms in total. The van der Waals surface area contributed by atoms with Crippen molar-refractivity contribution in [3.63, 3.8) is 0 Å². The van der Waals surface area contributed by atoms with E-state index < -0.39 is 5.54 Å². The Morgan fingerprint density at radius 1 is 1.29 bits per heavy atom. The Labute approximate surface area is 127 Å². The quantitative estimate of drug-likeness (QED) is 0.865. The third-order valence-corrected chi connectivity index (χ3v) is 4.52. The number of rotatable bonds is 5. The summed E-state index contributed by atoms with van der Waals surface area (Å²) >= 11 is 0. The van der Waals surface area contributed by atoms with Gasteiger partial charge in [0.05, 0.1) is 0 Å². The summed E-state index contributed by atoms with van der Waals surface area (Å²) in [6.45, 7) is 7.21. The van der Waals surface area contributed by atoms with Gasteiger partial charge in [-0.25, -0.2) is 0 Å². The van der Waals surface area contributed by atoms with E-state index in [0.29, 0.717) is 18.4 Å². The number of nitrogens with two attached hydrogens (primary N) is 1. The summed E-state index contributed by atoms with van der Waals surface area (Å²) in [5.41, 5.74) is 5.89. The Morgan fingerprint density at radius 2 is 1.86 bits per heavy atom. The van der Waals surface area contributed by atoms with Gasteiger partial charge in [0.1, 0.15) is 5.54 Å². The number of nitrogens with one attached hydrogen (secondary N) is 1. The Balaban J connectivity index is 2.27. The number of primary amides is 1. The second-order valence-electron chi connectivity index (χ2n) is 6.53. The third-order valence-electron chi connectivity index (χ3n) is 4.52. The fourth-order valence-corrected chi connectivity index (χ4v) is 3.64. The van der Waals surface area contributed by atoms with Gasteiger partial charge >= 0.3 is 0 Å². The van der Waals surface area contributed by atoms with Crippen LogP contribution in [0.15, 0.2) is 30.3 Å². The number of carbonyl (C=O) groups excluding carboxylic acids is 1. The molecule has 3 unspecified atom stereocenters. The maximum Gasteiger partial charge on any atom is 0.243 e. The van der Waals surface area contributed by atoms with Gasteiger partial charge in [-0.05, 0) is 30.9 Å². The molecule has 116 valence electrons.